The Morgan fingerprint density at radius 2 is 2.40 bits per heavy atom. The van der Waals surface area contributed by atoms with Crippen molar-refractivity contribution in [2.75, 3.05) is 32.9 Å². The third-order valence-corrected chi connectivity index (χ3v) is 2.27. The molecule has 5 nitrogen and oxygen atoms in total. The van der Waals surface area contributed by atoms with Crippen molar-refractivity contribution < 1.29 is 14.3 Å². The van der Waals surface area contributed by atoms with Crippen molar-refractivity contribution in [3.8, 4) is 0 Å². The van der Waals surface area contributed by atoms with Crippen LogP contribution in [0.25, 0.3) is 0 Å². The maximum atomic E-state index is 11.7. The number of hydrogen-bond donors (Lipinski definition) is 1. The third kappa shape index (κ3) is 3.68. The molecule has 0 aromatic heterocycles. The van der Waals surface area contributed by atoms with Crippen LogP contribution in [0.15, 0.2) is 0 Å². The molecule has 88 valence electrons. The fourth-order valence-electron chi connectivity index (χ4n) is 1.41. The Labute approximate surface area is 90.5 Å². The van der Waals surface area contributed by atoms with E-state index in [0.29, 0.717) is 38.8 Å². The van der Waals surface area contributed by atoms with Crippen molar-refractivity contribution in [2.45, 2.75) is 19.9 Å². The summed E-state index contributed by atoms with van der Waals surface area (Å²) in [6.45, 7) is 6.52. The second kappa shape index (κ2) is 5.92. The predicted octanol–water partition coefficient (Wildman–Crippen LogP) is 0.439. The zero-order valence-electron chi connectivity index (χ0n) is 9.44. The molecule has 2 N–H and O–H groups in total. The molecule has 0 aromatic rings. The molecule has 0 aromatic carbocycles. The van der Waals surface area contributed by atoms with Crippen LogP contribution in [0.1, 0.15) is 13.8 Å². The number of nitrogens with two attached hydrogens (primary N) is 1. The van der Waals surface area contributed by atoms with E-state index in [1.807, 2.05) is 13.8 Å². The molecule has 0 spiro atoms. The van der Waals surface area contributed by atoms with Crippen molar-refractivity contribution >= 4 is 6.09 Å². The number of amides is 1. The van der Waals surface area contributed by atoms with Crippen LogP contribution in [0, 0.1) is 5.92 Å². The number of rotatable bonds is 3. The Bertz CT molecular complexity index is 209. The van der Waals surface area contributed by atoms with Crippen LogP contribution < -0.4 is 5.73 Å². The van der Waals surface area contributed by atoms with E-state index >= 15 is 0 Å². The molecule has 1 aliphatic heterocycles. The van der Waals surface area contributed by atoms with Gasteiger partial charge in [0.15, 0.2) is 0 Å². The Hall–Kier alpha value is -0.810. The van der Waals surface area contributed by atoms with E-state index in [2.05, 4.69) is 0 Å². The summed E-state index contributed by atoms with van der Waals surface area (Å²) >= 11 is 0. The standard InChI is InChI=1S/C10H20N2O3/c1-8(2)6-15-10(13)12-3-4-14-7-9(12)5-11/h8-9H,3-7,11H2,1-2H3. The lowest BCUT2D eigenvalue weighted by Crippen LogP contribution is -2.52. The van der Waals surface area contributed by atoms with Gasteiger partial charge in [0.25, 0.3) is 0 Å². The van der Waals surface area contributed by atoms with Crippen LogP contribution in [0.4, 0.5) is 4.79 Å². The summed E-state index contributed by atoms with van der Waals surface area (Å²) in [5.74, 6) is 0.353. The molecule has 15 heavy (non-hydrogen) atoms. The molecule has 1 rings (SSSR count). The van der Waals surface area contributed by atoms with Crippen LogP contribution in [-0.4, -0.2) is 49.9 Å². The average Bonchev–Trinajstić information content (AvgIpc) is 2.25. The van der Waals surface area contributed by atoms with Gasteiger partial charge in [-0.3, -0.25) is 4.90 Å². The van der Waals surface area contributed by atoms with E-state index in [1.165, 1.54) is 0 Å². The minimum absolute atomic E-state index is 0.0431. The zero-order chi connectivity index (χ0) is 11.3. The van der Waals surface area contributed by atoms with E-state index in [0.717, 1.165) is 0 Å². The van der Waals surface area contributed by atoms with Crippen LogP contribution >= 0.6 is 0 Å². The number of ether oxygens (including phenoxy) is 2. The molecule has 0 saturated carbocycles. The van der Waals surface area contributed by atoms with Gasteiger partial charge < -0.3 is 15.2 Å². The summed E-state index contributed by atoms with van der Waals surface area (Å²) < 4.78 is 10.4. The largest absolute Gasteiger partial charge is 0.449 e. The van der Waals surface area contributed by atoms with E-state index in [-0.39, 0.29) is 12.1 Å². The smallest absolute Gasteiger partial charge is 0.410 e. The monoisotopic (exact) mass is 216 g/mol. The zero-order valence-corrected chi connectivity index (χ0v) is 9.44. The quantitative estimate of drug-likeness (QED) is 0.743. The number of hydrogen-bond acceptors (Lipinski definition) is 4. The van der Waals surface area contributed by atoms with Gasteiger partial charge in [-0.1, -0.05) is 13.8 Å². The predicted molar refractivity (Wildman–Crippen MR) is 56.6 cm³/mol. The minimum Gasteiger partial charge on any atom is -0.449 e. The van der Waals surface area contributed by atoms with Gasteiger partial charge >= 0.3 is 6.09 Å². The third-order valence-electron chi connectivity index (χ3n) is 2.27. The maximum Gasteiger partial charge on any atom is 0.410 e. The normalized spacial score (nSPS) is 21.9. The van der Waals surface area contributed by atoms with Crippen molar-refractivity contribution in [3.63, 3.8) is 0 Å². The first-order valence-electron chi connectivity index (χ1n) is 5.36. The van der Waals surface area contributed by atoms with Gasteiger partial charge in [-0.25, -0.2) is 4.79 Å². The molecule has 1 heterocycles. The van der Waals surface area contributed by atoms with Crippen LogP contribution in [0.5, 0.6) is 0 Å². The number of carbonyl (C=O) groups excluding carboxylic acids is 1. The Morgan fingerprint density at radius 1 is 1.67 bits per heavy atom. The Balaban J connectivity index is 2.41. The van der Waals surface area contributed by atoms with Crippen molar-refractivity contribution in [2.24, 2.45) is 11.7 Å². The summed E-state index contributed by atoms with van der Waals surface area (Å²) in [4.78, 5) is 13.3. The molecule has 1 fully saturated rings. The molecule has 0 aliphatic carbocycles. The lowest BCUT2D eigenvalue weighted by atomic mass is 10.2. The minimum atomic E-state index is -0.276. The summed E-state index contributed by atoms with van der Waals surface area (Å²) in [5.41, 5.74) is 5.56. The van der Waals surface area contributed by atoms with Gasteiger partial charge in [0.05, 0.1) is 25.9 Å². The van der Waals surface area contributed by atoms with Crippen molar-refractivity contribution in [1.29, 1.82) is 0 Å². The number of nitrogens with zero attached hydrogens (tertiary/aromatic N) is 1. The molecule has 1 amide bonds. The van der Waals surface area contributed by atoms with Gasteiger partial charge in [0.2, 0.25) is 0 Å². The van der Waals surface area contributed by atoms with Gasteiger partial charge in [-0.05, 0) is 5.92 Å². The van der Waals surface area contributed by atoms with Gasteiger partial charge in [-0.2, -0.15) is 0 Å². The van der Waals surface area contributed by atoms with E-state index in [4.69, 9.17) is 15.2 Å². The molecule has 1 saturated heterocycles. The van der Waals surface area contributed by atoms with Gasteiger partial charge in [0.1, 0.15) is 0 Å². The maximum absolute atomic E-state index is 11.7. The first-order valence-corrected chi connectivity index (χ1v) is 5.36. The lowest BCUT2D eigenvalue weighted by Gasteiger charge is -2.34. The highest BCUT2D eigenvalue weighted by atomic mass is 16.6. The molecule has 5 heteroatoms. The molecule has 0 bridgehead atoms. The molecular weight excluding hydrogens is 196 g/mol. The topological polar surface area (TPSA) is 64.8 Å². The number of morpholine rings is 1. The second-order valence-corrected chi connectivity index (χ2v) is 4.13. The highest BCUT2D eigenvalue weighted by Gasteiger charge is 2.27. The van der Waals surface area contributed by atoms with Crippen molar-refractivity contribution in [3.05, 3.63) is 0 Å². The fraction of sp³-hybridized carbons (Fsp3) is 0.900. The van der Waals surface area contributed by atoms with E-state index in [1.54, 1.807) is 4.90 Å². The average molecular weight is 216 g/mol. The highest BCUT2D eigenvalue weighted by molar-refractivity contribution is 5.68. The first-order chi connectivity index (χ1) is 7.15. The highest BCUT2D eigenvalue weighted by Crippen LogP contribution is 2.08. The second-order valence-electron chi connectivity index (χ2n) is 4.13. The van der Waals surface area contributed by atoms with Crippen LogP contribution in [0.2, 0.25) is 0 Å². The van der Waals surface area contributed by atoms with Crippen LogP contribution in [-0.2, 0) is 9.47 Å². The fourth-order valence-corrected chi connectivity index (χ4v) is 1.41. The van der Waals surface area contributed by atoms with E-state index in [9.17, 15) is 4.79 Å². The summed E-state index contributed by atoms with van der Waals surface area (Å²) in [5, 5.41) is 0. The van der Waals surface area contributed by atoms with Gasteiger partial charge in [-0.15, -0.1) is 0 Å². The van der Waals surface area contributed by atoms with Crippen molar-refractivity contribution in [1.82, 2.24) is 4.90 Å². The molecular formula is C10H20N2O3. The molecule has 1 aliphatic rings. The molecule has 1 unspecified atom stereocenters. The Kier molecular flexibility index (Phi) is 4.84. The lowest BCUT2D eigenvalue weighted by molar-refractivity contribution is -0.00805. The molecule has 0 radical (unpaired) electrons. The summed E-state index contributed by atoms with van der Waals surface area (Å²) in [6, 6.07) is -0.0431. The van der Waals surface area contributed by atoms with E-state index < -0.39 is 0 Å². The first kappa shape index (κ1) is 12.3. The summed E-state index contributed by atoms with van der Waals surface area (Å²) in [6.07, 6.45) is -0.276. The summed E-state index contributed by atoms with van der Waals surface area (Å²) in [7, 11) is 0. The SMILES string of the molecule is CC(C)COC(=O)N1CCOCC1CN. The van der Waals surface area contributed by atoms with Gasteiger partial charge in [0, 0.05) is 13.1 Å². The Morgan fingerprint density at radius 3 is 3.00 bits per heavy atom. The number of carbonyl (C=O) groups is 1. The van der Waals surface area contributed by atoms with Crippen LogP contribution in [0.3, 0.4) is 0 Å². The molecule has 1 atom stereocenters.